The Balaban J connectivity index is 1.42. The number of aromatic nitrogens is 4. The van der Waals surface area contributed by atoms with Gasteiger partial charge in [0.15, 0.2) is 0 Å². The SMILES string of the molecule is C[C@H](Nc1ncnc2[nH]cc(C(N)=O)c12)c1cc2cccc(Cl)c2c(C(=O)N2C3CCC2COC3)n1. The van der Waals surface area contributed by atoms with Crippen molar-refractivity contribution >= 4 is 51.0 Å². The van der Waals surface area contributed by atoms with E-state index in [1.807, 2.05) is 30.0 Å². The van der Waals surface area contributed by atoms with E-state index >= 15 is 0 Å². The molecule has 11 heteroatoms. The number of pyridine rings is 1. The highest BCUT2D eigenvalue weighted by Crippen LogP contribution is 2.35. The number of carbonyl (C=O) groups excluding carboxylic acids is 2. The molecule has 1 aromatic carbocycles. The number of aromatic amines is 1. The molecule has 5 heterocycles. The number of nitrogens with two attached hydrogens (primary N) is 1. The molecule has 2 fully saturated rings. The van der Waals surface area contributed by atoms with Crippen LogP contribution in [-0.4, -0.2) is 61.9 Å². The molecule has 2 amide bonds. The Morgan fingerprint density at radius 3 is 2.75 bits per heavy atom. The second-order valence-corrected chi connectivity index (χ2v) is 9.65. The van der Waals surface area contributed by atoms with E-state index in [1.165, 1.54) is 12.5 Å². The normalized spacial score (nSPS) is 20.1. The van der Waals surface area contributed by atoms with Crippen LogP contribution in [0.15, 0.2) is 36.8 Å². The van der Waals surface area contributed by atoms with Gasteiger partial charge in [-0.2, -0.15) is 0 Å². The Hall–Kier alpha value is -3.76. The highest BCUT2D eigenvalue weighted by Gasteiger charge is 2.41. The van der Waals surface area contributed by atoms with Gasteiger partial charge in [0.25, 0.3) is 11.8 Å². The minimum atomic E-state index is -0.585. The first-order valence-electron chi connectivity index (χ1n) is 11.8. The number of halogens is 1. The fraction of sp³-hybridized carbons (Fsp3) is 0.320. The molecular formula is C25H24ClN7O3. The lowest BCUT2D eigenvalue weighted by Gasteiger charge is -2.34. The largest absolute Gasteiger partial charge is 0.377 e. The molecule has 0 aliphatic carbocycles. The molecule has 2 saturated heterocycles. The van der Waals surface area contributed by atoms with Crippen LogP contribution in [0.2, 0.25) is 5.02 Å². The molecule has 6 rings (SSSR count). The molecule has 2 aliphatic rings. The van der Waals surface area contributed by atoms with Crippen molar-refractivity contribution in [3.05, 3.63) is 58.8 Å². The van der Waals surface area contributed by atoms with Gasteiger partial charge < -0.3 is 25.7 Å². The number of H-pyrrole nitrogens is 1. The van der Waals surface area contributed by atoms with Crippen LogP contribution in [0.3, 0.4) is 0 Å². The summed E-state index contributed by atoms with van der Waals surface area (Å²) in [5, 5.41) is 5.75. The lowest BCUT2D eigenvalue weighted by atomic mass is 10.0. The van der Waals surface area contributed by atoms with Crippen LogP contribution in [0.4, 0.5) is 5.82 Å². The van der Waals surface area contributed by atoms with Crippen molar-refractivity contribution in [3.63, 3.8) is 0 Å². The maximum atomic E-state index is 13.9. The van der Waals surface area contributed by atoms with Crippen LogP contribution in [0.25, 0.3) is 21.8 Å². The monoisotopic (exact) mass is 505 g/mol. The van der Waals surface area contributed by atoms with Crippen LogP contribution in [-0.2, 0) is 4.74 Å². The summed E-state index contributed by atoms with van der Waals surface area (Å²) in [6.07, 6.45) is 4.75. The van der Waals surface area contributed by atoms with Gasteiger partial charge in [0.2, 0.25) is 0 Å². The standard InChI is InChI=1S/C25H24ClN7O3/c1-12(31-24-20-16(22(27)34)8-28-23(20)29-11-30-24)18-7-13-3-2-4-17(26)19(13)21(32-18)25(35)33-14-5-6-15(33)10-36-9-14/h2-4,7-8,11-12,14-15H,5-6,9-10H2,1H3,(H2,27,34)(H2,28,29,30,31)/t12-,14?,15?/m0/s1. The zero-order valence-electron chi connectivity index (χ0n) is 19.5. The van der Waals surface area contributed by atoms with Gasteiger partial charge in [-0.25, -0.2) is 15.0 Å². The van der Waals surface area contributed by atoms with E-state index in [-0.39, 0.29) is 29.6 Å². The topological polar surface area (TPSA) is 139 Å². The van der Waals surface area contributed by atoms with Gasteiger partial charge in [-0.05, 0) is 37.3 Å². The van der Waals surface area contributed by atoms with E-state index in [0.717, 1.165) is 18.2 Å². The Kier molecular flexibility index (Phi) is 5.50. The summed E-state index contributed by atoms with van der Waals surface area (Å²) in [7, 11) is 0. The summed E-state index contributed by atoms with van der Waals surface area (Å²) in [5.74, 6) is -0.281. The first-order chi connectivity index (χ1) is 17.4. The summed E-state index contributed by atoms with van der Waals surface area (Å²) in [4.78, 5) is 44.0. The number of ether oxygens (including phenoxy) is 1. The van der Waals surface area contributed by atoms with Crippen molar-refractivity contribution in [2.75, 3.05) is 18.5 Å². The number of rotatable bonds is 5. The molecule has 2 unspecified atom stereocenters. The number of hydrogen-bond acceptors (Lipinski definition) is 7. The van der Waals surface area contributed by atoms with E-state index in [9.17, 15) is 9.59 Å². The molecular weight excluding hydrogens is 482 g/mol. The van der Waals surface area contributed by atoms with Gasteiger partial charge in [0.1, 0.15) is 23.5 Å². The Morgan fingerprint density at radius 1 is 1.22 bits per heavy atom. The summed E-state index contributed by atoms with van der Waals surface area (Å²) < 4.78 is 5.67. The second kappa shape index (κ2) is 8.72. The third-order valence-electron chi connectivity index (χ3n) is 7.04. The molecule has 3 atom stereocenters. The van der Waals surface area contributed by atoms with E-state index in [0.29, 0.717) is 51.9 Å². The van der Waals surface area contributed by atoms with Crippen LogP contribution in [0.1, 0.15) is 52.3 Å². The molecule has 4 N–H and O–H groups in total. The van der Waals surface area contributed by atoms with Gasteiger partial charge in [-0.1, -0.05) is 23.7 Å². The zero-order chi connectivity index (χ0) is 25.0. The second-order valence-electron chi connectivity index (χ2n) is 9.25. The number of morpholine rings is 1. The van der Waals surface area contributed by atoms with Gasteiger partial charge in [-0.15, -0.1) is 0 Å². The van der Waals surface area contributed by atoms with Crippen molar-refractivity contribution < 1.29 is 14.3 Å². The number of anilines is 1. The Labute approximate surface area is 211 Å². The predicted molar refractivity (Wildman–Crippen MR) is 135 cm³/mol. The number of nitrogens with zero attached hydrogens (tertiary/aromatic N) is 4. The van der Waals surface area contributed by atoms with Crippen LogP contribution in [0.5, 0.6) is 0 Å². The average Bonchev–Trinajstić information content (AvgIpc) is 3.42. The van der Waals surface area contributed by atoms with E-state index < -0.39 is 5.91 Å². The van der Waals surface area contributed by atoms with Gasteiger partial charge in [-0.3, -0.25) is 9.59 Å². The zero-order valence-corrected chi connectivity index (χ0v) is 20.2. The minimum absolute atomic E-state index is 0.0462. The number of hydrogen-bond donors (Lipinski definition) is 3. The number of nitrogens with one attached hydrogen (secondary N) is 2. The van der Waals surface area contributed by atoms with Gasteiger partial charge in [0.05, 0.1) is 53.0 Å². The third-order valence-corrected chi connectivity index (χ3v) is 7.35. The van der Waals surface area contributed by atoms with Crippen molar-refractivity contribution in [2.24, 2.45) is 5.73 Å². The van der Waals surface area contributed by atoms with Crippen molar-refractivity contribution in [3.8, 4) is 0 Å². The number of carbonyl (C=O) groups is 2. The first-order valence-corrected chi connectivity index (χ1v) is 12.2. The van der Waals surface area contributed by atoms with Crippen LogP contribution >= 0.6 is 11.6 Å². The number of amides is 2. The third kappa shape index (κ3) is 3.64. The molecule has 0 spiro atoms. The van der Waals surface area contributed by atoms with E-state index in [1.54, 1.807) is 6.07 Å². The van der Waals surface area contributed by atoms with Gasteiger partial charge in [0, 0.05) is 11.6 Å². The Bertz CT molecular complexity index is 1500. The lowest BCUT2D eigenvalue weighted by Crippen LogP contribution is -2.49. The molecule has 184 valence electrons. The van der Waals surface area contributed by atoms with Crippen molar-refractivity contribution in [1.29, 1.82) is 0 Å². The van der Waals surface area contributed by atoms with Gasteiger partial charge >= 0.3 is 0 Å². The summed E-state index contributed by atoms with van der Waals surface area (Å²) in [6.45, 7) is 2.98. The van der Waals surface area contributed by atoms with Crippen molar-refractivity contribution in [1.82, 2.24) is 24.8 Å². The molecule has 2 aliphatic heterocycles. The first kappa shape index (κ1) is 22.7. The highest BCUT2D eigenvalue weighted by molar-refractivity contribution is 6.36. The van der Waals surface area contributed by atoms with Crippen LogP contribution < -0.4 is 11.1 Å². The maximum Gasteiger partial charge on any atom is 0.273 e. The molecule has 36 heavy (non-hydrogen) atoms. The fourth-order valence-electron chi connectivity index (χ4n) is 5.29. The van der Waals surface area contributed by atoms with Crippen molar-refractivity contribution in [2.45, 2.75) is 37.9 Å². The number of benzene rings is 1. The lowest BCUT2D eigenvalue weighted by molar-refractivity contribution is -0.00736. The molecule has 4 aromatic rings. The maximum absolute atomic E-state index is 13.9. The Morgan fingerprint density at radius 2 is 2.00 bits per heavy atom. The molecule has 3 aromatic heterocycles. The smallest absolute Gasteiger partial charge is 0.273 e. The summed E-state index contributed by atoms with van der Waals surface area (Å²) in [6, 6.07) is 7.18. The molecule has 2 bridgehead atoms. The quantitative estimate of drug-likeness (QED) is 0.377. The van der Waals surface area contributed by atoms with E-state index in [4.69, 9.17) is 27.1 Å². The molecule has 0 saturated carbocycles. The fourth-order valence-corrected chi connectivity index (χ4v) is 5.56. The summed E-state index contributed by atoms with van der Waals surface area (Å²) in [5.41, 5.74) is 7.29. The van der Waals surface area contributed by atoms with E-state index in [2.05, 4.69) is 20.3 Å². The summed E-state index contributed by atoms with van der Waals surface area (Å²) >= 11 is 6.58. The molecule has 0 radical (unpaired) electrons. The van der Waals surface area contributed by atoms with Crippen LogP contribution in [0, 0.1) is 0 Å². The predicted octanol–water partition coefficient (Wildman–Crippen LogP) is 3.43. The molecule has 10 nitrogen and oxygen atoms in total. The number of fused-ring (bicyclic) bond motifs is 4. The minimum Gasteiger partial charge on any atom is -0.377 e. The highest BCUT2D eigenvalue weighted by atomic mass is 35.5. The average molecular weight is 506 g/mol. The number of primary amides is 1.